The molecule has 3 heterocycles. The molecular formula is C15H15F3N4O. The largest absolute Gasteiger partial charge is 0.416 e. The lowest BCUT2D eigenvalue weighted by molar-refractivity contribution is -0.138. The van der Waals surface area contributed by atoms with E-state index in [1.54, 1.807) is 11.8 Å². The molecule has 23 heavy (non-hydrogen) atoms. The number of aryl methyl sites for hydroxylation is 1. The summed E-state index contributed by atoms with van der Waals surface area (Å²) in [6.45, 7) is 2.63. The normalized spacial score (nSPS) is 15.5. The third-order valence-corrected chi connectivity index (χ3v) is 3.87. The number of fused-ring (bicyclic) bond motifs is 1. The minimum atomic E-state index is -4.41. The number of alkyl halides is 3. The zero-order valence-corrected chi connectivity index (χ0v) is 12.4. The van der Waals surface area contributed by atoms with E-state index in [1.807, 2.05) is 0 Å². The summed E-state index contributed by atoms with van der Waals surface area (Å²) >= 11 is 0. The summed E-state index contributed by atoms with van der Waals surface area (Å²) in [7, 11) is 0. The van der Waals surface area contributed by atoms with Gasteiger partial charge in [0.05, 0.1) is 16.8 Å². The second kappa shape index (κ2) is 5.77. The molecule has 5 nitrogen and oxygen atoms in total. The summed E-state index contributed by atoms with van der Waals surface area (Å²) in [4.78, 5) is 24.5. The van der Waals surface area contributed by atoms with Crippen LogP contribution in [0.5, 0.6) is 0 Å². The van der Waals surface area contributed by atoms with Crippen LogP contribution in [-0.2, 0) is 25.7 Å². The molecule has 0 aromatic carbocycles. The molecule has 3 rings (SSSR count). The molecule has 0 unspecified atom stereocenters. The lowest BCUT2D eigenvalue weighted by Gasteiger charge is -2.28. The van der Waals surface area contributed by atoms with E-state index in [0.29, 0.717) is 24.4 Å². The summed E-state index contributed by atoms with van der Waals surface area (Å²) in [5, 5.41) is 0. The molecule has 1 aliphatic rings. The molecule has 0 saturated heterocycles. The molecule has 0 atom stereocenters. The quantitative estimate of drug-likeness (QED) is 0.918. The summed E-state index contributed by atoms with van der Waals surface area (Å²) in [5.41, 5.74) is 0.456. The second-order valence-electron chi connectivity index (χ2n) is 5.57. The lowest BCUT2D eigenvalue weighted by atomic mass is 10.0. The summed E-state index contributed by atoms with van der Waals surface area (Å²) < 4.78 is 39.1. The van der Waals surface area contributed by atoms with Crippen molar-refractivity contribution < 1.29 is 13.2 Å². The van der Waals surface area contributed by atoms with E-state index in [9.17, 15) is 18.0 Å². The molecule has 0 radical (unpaired) electrons. The van der Waals surface area contributed by atoms with Crippen molar-refractivity contribution in [3.8, 4) is 0 Å². The smallest absolute Gasteiger partial charge is 0.310 e. The van der Waals surface area contributed by atoms with E-state index in [-0.39, 0.29) is 24.2 Å². The number of hydrogen-bond acceptors (Lipinski definition) is 4. The number of rotatable bonds is 2. The van der Waals surface area contributed by atoms with E-state index in [2.05, 4.69) is 15.0 Å². The number of aromatic nitrogens is 3. The Morgan fingerprint density at radius 3 is 2.91 bits per heavy atom. The minimum Gasteiger partial charge on any atom is -0.310 e. The predicted molar refractivity (Wildman–Crippen MR) is 76.7 cm³/mol. The molecule has 1 aliphatic heterocycles. The average Bonchev–Trinajstić information content (AvgIpc) is 2.47. The third-order valence-electron chi connectivity index (χ3n) is 3.87. The first kappa shape index (κ1) is 15.7. The number of nitrogens with one attached hydrogen (secondary N) is 1. The fraction of sp³-hybridized carbons (Fsp3) is 0.400. The fourth-order valence-corrected chi connectivity index (χ4v) is 2.81. The Morgan fingerprint density at radius 2 is 2.17 bits per heavy atom. The second-order valence-corrected chi connectivity index (χ2v) is 5.57. The van der Waals surface area contributed by atoms with E-state index in [4.69, 9.17) is 0 Å². The Hall–Kier alpha value is -2.22. The van der Waals surface area contributed by atoms with Gasteiger partial charge in [0.2, 0.25) is 0 Å². The zero-order valence-electron chi connectivity index (χ0n) is 12.4. The van der Waals surface area contributed by atoms with Crippen LogP contribution in [0.2, 0.25) is 0 Å². The third kappa shape index (κ3) is 3.26. The summed E-state index contributed by atoms with van der Waals surface area (Å²) in [5.74, 6) is 0.550. The van der Waals surface area contributed by atoms with Gasteiger partial charge in [0.25, 0.3) is 5.56 Å². The number of aromatic amines is 1. The molecule has 122 valence electrons. The number of nitrogens with zero attached hydrogens (tertiary/aromatic N) is 3. The first-order valence-corrected chi connectivity index (χ1v) is 7.15. The molecule has 0 bridgehead atoms. The van der Waals surface area contributed by atoms with Gasteiger partial charge in [-0.15, -0.1) is 0 Å². The van der Waals surface area contributed by atoms with Crippen molar-refractivity contribution in [3.63, 3.8) is 0 Å². The first-order chi connectivity index (χ1) is 10.8. The highest BCUT2D eigenvalue weighted by Crippen LogP contribution is 2.32. The van der Waals surface area contributed by atoms with E-state index < -0.39 is 11.7 Å². The van der Waals surface area contributed by atoms with Crippen molar-refractivity contribution in [2.75, 3.05) is 6.54 Å². The van der Waals surface area contributed by atoms with Gasteiger partial charge >= 0.3 is 6.18 Å². The van der Waals surface area contributed by atoms with Crippen LogP contribution in [0.15, 0.2) is 23.3 Å². The SMILES string of the molecule is Cc1nc2c(c(=O)[nH]1)CN(Cc1cnccc1C(F)(F)F)CC2. The van der Waals surface area contributed by atoms with Gasteiger partial charge in [0.1, 0.15) is 5.82 Å². The van der Waals surface area contributed by atoms with Crippen LogP contribution < -0.4 is 5.56 Å². The van der Waals surface area contributed by atoms with Crippen LogP contribution in [0.1, 0.15) is 28.2 Å². The standard InChI is InChI=1S/C15H15F3N4O/c1-9-20-13-3-5-22(8-11(13)14(23)21-9)7-10-6-19-4-2-12(10)15(16,17)18/h2,4,6H,3,5,7-8H2,1H3,(H,20,21,23). The fourth-order valence-electron chi connectivity index (χ4n) is 2.81. The Balaban J connectivity index is 1.85. The predicted octanol–water partition coefficient (Wildman–Crippen LogP) is 2.05. The van der Waals surface area contributed by atoms with E-state index in [1.165, 1.54) is 6.20 Å². The maximum atomic E-state index is 13.0. The van der Waals surface area contributed by atoms with Gasteiger partial charge < -0.3 is 4.98 Å². The van der Waals surface area contributed by atoms with Crippen molar-refractivity contribution in [1.82, 2.24) is 19.9 Å². The van der Waals surface area contributed by atoms with Crippen LogP contribution in [0, 0.1) is 6.92 Å². The van der Waals surface area contributed by atoms with Gasteiger partial charge in [-0.2, -0.15) is 13.2 Å². The highest BCUT2D eigenvalue weighted by molar-refractivity contribution is 5.27. The highest BCUT2D eigenvalue weighted by atomic mass is 19.4. The molecule has 8 heteroatoms. The van der Waals surface area contributed by atoms with Crippen molar-refractivity contribution in [2.24, 2.45) is 0 Å². The van der Waals surface area contributed by atoms with Gasteiger partial charge in [-0.3, -0.25) is 14.7 Å². The van der Waals surface area contributed by atoms with Gasteiger partial charge in [-0.1, -0.05) is 0 Å². The van der Waals surface area contributed by atoms with Gasteiger partial charge in [0.15, 0.2) is 0 Å². The molecule has 0 amide bonds. The number of pyridine rings is 1. The number of hydrogen-bond donors (Lipinski definition) is 1. The topological polar surface area (TPSA) is 61.9 Å². The molecule has 2 aromatic rings. The molecule has 0 fully saturated rings. The Bertz CT molecular complexity index is 785. The molecular weight excluding hydrogens is 309 g/mol. The Kier molecular flexibility index (Phi) is 3.93. The Labute approximate surface area is 130 Å². The Morgan fingerprint density at radius 1 is 1.39 bits per heavy atom. The summed E-state index contributed by atoms with van der Waals surface area (Å²) in [6, 6.07) is 0.977. The number of halogens is 3. The van der Waals surface area contributed by atoms with E-state index >= 15 is 0 Å². The zero-order chi connectivity index (χ0) is 16.6. The molecule has 0 saturated carbocycles. The van der Waals surface area contributed by atoms with E-state index in [0.717, 1.165) is 18.0 Å². The molecule has 1 N–H and O–H groups in total. The van der Waals surface area contributed by atoms with Crippen LogP contribution in [0.3, 0.4) is 0 Å². The van der Waals surface area contributed by atoms with Crippen molar-refractivity contribution in [1.29, 1.82) is 0 Å². The van der Waals surface area contributed by atoms with Crippen molar-refractivity contribution in [3.05, 3.63) is 57.0 Å². The van der Waals surface area contributed by atoms with Crippen molar-refractivity contribution in [2.45, 2.75) is 32.6 Å². The maximum absolute atomic E-state index is 13.0. The average molecular weight is 324 g/mol. The van der Waals surface area contributed by atoms with Crippen LogP contribution in [0.25, 0.3) is 0 Å². The van der Waals surface area contributed by atoms with Gasteiger partial charge in [-0.05, 0) is 18.6 Å². The monoisotopic (exact) mass is 324 g/mol. The minimum absolute atomic E-state index is 0.0927. The van der Waals surface area contributed by atoms with Crippen LogP contribution in [-0.4, -0.2) is 26.4 Å². The summed E-state index contributed by atoms with van der Waals surface area (Å²) in [6.07, 6.45) is -1.50. The molecule has 0 aliphatic carbocycles. The van der Waals surface area contributed by atoms with Gasteiger partial charge in [0, 0.05) is 38.4 Å². The molecule has 0 spiro atoms. The number of H-pyrrole nitrogens is 1. The lowest BCUT2D eigenvalue weighted by Crippen LogP contribution is -2.36. The highest BCUT2D eigenvalue weighted by Gasteiger charge is 2.34. The van der Waals surface area contributed by atoms with Crippen LogP contribution in [0.4, 0.5) is 13.2 Å². The molecule has 2 aromatic heterocycles. The van der Waals surface area contributed by atoms with Crippen molar-refractivity contribution >= 4 is 0 Å². The van der Waals surface area contributed by atoms with Gasteiger partial charge in [-0.25, -0.2) is 4.98 Å². The maximum Gasteiger partial charge on any atom is 0.416 e. The van der Waals surface area contributed by atoms with Crippen LogP contribution >= 0.6 is 0 Å². The first-order valence-electron chi connectivity index (χ1n) is 7.15.